The molecule has 5 heteroatoms. The Morgan fingerprint density at radius 3 is 2.88 bits per heavy atom. The summed E-state index contributed by atoms with van der Waals surface area (Å²) in [5.41, 5.74) is 6.76. The lowest BCUT2D eigenvalue weighted by Crippen LogP contribution is -2.61. The Labute approximate surface area is 92.7 Å². The molecule has 2 aliphatic rings. The van der Waals surface area contributed by atoms with Crippen LogP contribution in [0.2, 0.25) is 0 Å². The summed E-state index contributed by atoms with van der Waals surface area (Å²) in [6.07, 6.45) is 0. The van der Waals surface area contributed by atoms with Crippen LogP contribution in [0.5, 0.6) is 11.5 Å². The van der Waals surface area contributed by atoms with E-state index in [1.807, 2.05) is 18.2 Å². The molecule has 0 radical (unpaired) electrons. The predicted molar refractivity (Wildman–Crippen MR) is 56.1 cm³/mol. The first-order valence-electron chi connectivity index (χ1n) is 5.10. The van der Waals surface area contributed by atoms with E-state index in [9.17, 15) is 4.79 Å². The molecule has 0 unspecified atom stereocenters. The lowest BCUT2D eigenvalue weighted by Gasteiger charge is -2.43. The van der Waals surface area contributed by atoms with Gasteiger partial charge in [-0.3, -0.25) is 4.79 Å². The second-order valence-electron chi connectivity index (χ2n) is 4.03. The number of likely N-dealkylation sites (N-methyl/N-ethyl adjacent to an activating group) is 1. The van der Waals surface area contributed by atoms with Gasteiger partial charge in [-0.15, -0.1) is 0 Å². The van der Waals surface area contributed by atoms with Crippen LogP contribution in [-0.4, -0.2) is 30.7 Å². The number of β-lactam (4-membered cyclic amide) rings is 1. The van der Waals surface area contributed by atoms with Crippen molar-refractivity contribution >= 4 is 5.91 Å². The fraction of sp³-hybridized carbons (Fsp3) is 0.364. The molecule has 2 atom stereocenters. The third kappa shape index (κ3) is 1.12. The molecular weight excluding hydrogens is 208 g/mol. The van der Waals surface area contributed by atoms with E-state index in [-0.39, 0.29) is 18.7 Å². The molecule has 0 bridgehead atoms. The van der Waals surface area contributed by atoms with Crippen molar-refractivity contribution in [1.29, 1.82) is 0 Å². The molecule has 0 spiro atoms. The van der Waals surface area contributed by atoms with Crippen molar-refractivity contribution in [3.63, 3.8) is 0 Å². The van der Waals surface area contributed by atoms with Crippen LogP contribution in [0.3, 0.4) is 0 Å². The second-order valence-corrected chi connectivity index (χ2v) is 4.03. The molecule has 2 heterocycles. The number of hydrogen-bond acceptors (Lipinski definition) is 4. The molecule has 1 aromatic rings. The zero-order chi connectivity index (χ0) is 11.3. The minimum Gasteiger partial charge on any atom is -0.454 e. The van der Waals surface area contributed by atoms with Crippen LogP contribution < -0.4 is 15.2 Å². The monoisotopic (exact) mass is 220 g/mol. The molecule has 0 aliphatic carbocycles. The first-order chi connectivity index (χ1) is 7.68. The van der Waals surface area contributed by atoms with Crippen LogP contribution in [0.25, 0.3) is 0 Å². The summed E-state index contributed by atoms with van der Waals surface area (Å²) < 4.78 is 10.5. The lowest BCUT2D eigenvalue weighted by molar-refractivity contribution is -0.147. The Morgan fingerprint density at radius 1 is 1.38 bits per heavy atom. The largest absolute Gasteiger partial charge is 0.454 e. The summed E-state index contributed by atoms with van der Waals surface area (Å²) >= 11 is 0. The Bertz CT molecular complexity index is 449. The molecule has 1 saturated heterocycles. The quantitative estimate of drug-likeness (QED) is 0.689. The summed E-state index contributed by atoms with van der Waals surface area (Å²) in [4.78, 5) is 13.0. The molecule has 2 aliphatic heterocycles. The molecule has 2 N–H and O–H groups in total. The highest BCUT2D eigenvalue weighted by Crippen LogP contribution is 2.38. The van der Waals surface area contributed by atoms with Gasteiger partial charge in [0.15, 0.2) is 11.5 Å². The molecule has 0 saturated carbocycles. The van der Waals surface area contributed by atoms with Crippen molar-refractivity contribution in [2.24, 2.45) is 5.73 Å². The smallest absolute Gasteiger partial charge is 0.242 e. The maximum atomic E-state index is 11.3. The third-order valence-corrected chi connectivity index (χ3v) is 3.13. The van der Waals surface area contributed by atoms with Crippen molar-refractivity contribution in [2.45, 2.75) is 12.1 Å². The Morgan fingerprint density at radius 2 is 2.12 bits per heavy atom. The number of benzene rings is 1. The molecule has 0 aromatic heterocycles. The van der Waals surface area contributed by atoms with Crippen molar-refractivity contribution < 1.29 is 14.3 Å². The van der Waals surface area contributed by atoms with Gasteiger partial charge in [0, 0.05) is 7.05 Å². The van der Waals surface area contributed by atoms with E-state index in [0.717, 1.165) is 17.1 Å². The topological polar surface area (TPSA) is 64.8 Å². The van der Waals surface area contributed by atoms with Gasteiger partial charge in [0.25, 0.3) is 0 Å². The zero-order valence-corrected chi connectivity index (χ0v) is 8.84. The van der Waals surface area contributed by atoms with E-state index in [1.54, 1.807) is 11.9 Å². The average molecular weight is 220 g/mol. The van der Waals surface area contributed by atoms with Crippen LogP contribution in [-0.2, 0) is 4.79 Å². The van der Waals surface area contributed by atoms with Gasteiger partial charge in [-0.2, -0.15) is 0 Å². The second kappa shape index (κ2) is 3.12. The van der Waals surface area contributed by atoms with E-state index < -0.39 is 6.04 Å². The number of rotatable bonds is 1. The highest BCUT2D eigenvalue weighted by molar-refractivity contribution is 5.89. The average Bonchev–Trinajstić information content (AvgIpc) is 2.76. The Hall–Kier alpha value is -1.75. The molecule has 5 nitrogen and oxygen atoms in total. The van der Waals surface area contributed by atoms with Crippen molar-refractivity contribution in [2.75, 3.05) is 13.8 Å². The van der Waals surface area contributed by atoms with Gasteiger partial charge in [0.2, 0.25) is 12.7 Å². The van der Waals surface area contributed by atoms with Gasteiger partial charge in [-0.05, 0) is 17.7 Å². The fourth-order valence-electron chi connectivity index (χ4n) is 2.19. The van der Waals surface area contributed by atoms with Crippen molar-refractivity contribution in [1.82, 2.24) is 4.90 Å². The molecule has 16 heavy (non-hydrogen) atoms. The summed E-state index contributed by atoms with van der Waals surface area (Å²) in [5, 5.41) is 0. The number of nitrogens with zero attached hydrogens (tertiary/aromatic N) is 1. The van der Waals surface area contributed by atoms with Gasteiger partial charge in [-0.1, -0.05) is 6.07 Å². The van der Waals surface area contributed by atoms with Crippen LogP contribution in [0.1, 0.15) is 11.6 Å². The van der Waals surface area contributed by atoms with E-state index >= 15 is 0 Å². The van der Waals surface area contributed by atoms with Gasteiger partial charge in [0.05, 0.1) is 6.04 Å². The number of ether oxygens (including phenoxy) is 2. The molecular formula is C11H12N2O3. The lowest BCUT2D eigenvalue weighted by atomic mass is 9.90. The van der Waals surface area contributed by atoms with E-state index in [0.29, 0.717) is 0 Å². The predicted octanol–water partition coefficient (Wildman–Crippen LogP) is 0.256. The number of carbonyl (C=O) groups excluding carboxylic acids is 1. The van der Waals surface area contributed by atoms with Gasteiger partial charge < -0.3 is 20.1 Å². The third-order valence-electron chi connectivity index (χ3n) is 3.13. The first-order valence-corrected chi connectivity index (χ1v) is 5.10. The number of nitrogens with two attached hydrogens (primary N) is 1. The molecule has 1 fully saturated rings. The number of carbonyl (C=O) groups is 1. The van der Waals surface area contributed by atoms with Crippen LogP contribution in [0.15, 0.2) is 18.2 Å². The first kappa shape index (κ1) is 9.47. The summed E-state index contributed by atoms with van der Waals surface area (Å²) in [7, 11) is 1.75. The fourth-order valence-corrected chi connectivity index (χ4v) is 2.19. The maximum Gasteiger partial charge on any atom is 0.242 e. The minimum atomic E-state index is -0.439. The van der Waals surface area contributed by atoms with Crippen molar-refractivity contribution in [3.05, 3.63) is 23.8 Å². The maximum absolute atomic E-state index is 11.3. The highest BCUT2D eigenvalue weighted by Gasteiger charge is 2.43. The zero-order valence-electron chi connectivity index (χ0n) is 8.84. The SMILES string of the molecule is CN1C(=O)[C@@H](N)[C@H]1c1ccc2c(c1)OCO2. The summed E-state index contributed by atoms with van der Waals surface area (Å²) in [6, 6.07) is 5.16. The molecule has 1 aromatic carbocycles. The van der Waals surface area contributed by atoms with Crippen molar-refractivity contribution in [3.8, 4) is 11.5 Å². The van der Waals surface area contributed by atoms with Gasteiger partial charge in [0.1, 0.15) is 6.04 Å². The number of amides is 1. The van der Waals surface area contributed by atoms with E-state index in [4.69, 9.17) is 15.2 Å². The number of likely N-dealkylation sites (tertiary alicyclic amines) is 1. The number of fused-ring (bicyclic) bond motifs is 1. The van der Waals surface area contributed by atoms with Crippen LogP contribution in [0, 0.1) is 0 Å². The normalized spacial score (nSPS) is 26.9. The molecule has 1 amide bonds. The molecule has 84 valence electrons. The van der Waals surface area contributed by atoms with Crippen LogP contribution in [0.4, 0.5) is 0 Å². The Balaban J connectivity index is 1.93. The van der Waals surface area contributed by atoms with E-state index in [1.165, 1.54) is 0 Å². The minimum absolute atomic E-state index is 0.0253. The summed E-state index contributed by atoms with van der Waals surface area (Å²) in [6.45, 7) is 0.254. The molecule has 3 rings (SSSR count). The Kier molecular flexibility index (Phi) is 1.85. The van der Waals surface area contributed by atoms with E-state index in [2.05, 4.69) is 0 Å². The van der Waals surface area contributed by atoms with Gasteiger partial charge >= 0.3 is 0 Å². The number of hydrogen-bond donors (Lipinski definition) is 1. The van der Waals surface area contributed by atoms with Crippen LogP contribution >= 0.6 is 0 Å². The standard InChI is InChI=1S/C11H12N2O3/c1-13-10(9(12)11(13)14)6-2-3-7-8(4-6)16-5-15-7/h2-4,9-10H,5,12H2,1H3/t9-,10+/m0/s1. The summed E-state index contributed by atoms with van der Waals surface area (Å²) in [5.74, 6) is 1.44. The van der Waals surface area contributed by atoms with Gasteiger partial charge in [-0.25, -0.2) is 0 Å². The highest BCUT2D eigenvalue weighted by atomic mass is 16.7.